The summed E-state index contributed by atoms with van der Waals surface area (Å²) in [7, 11) is 1.93. The van der Waals surface area contributed by atoms with E-state index in [-0.39, 0.29) is 0 Å². The molecule has 0 aliphatic rings. The van der Waals surface area contributed by atoms with Crippen molar-refractivity contribution in [2.24, 2.45) is 0 Å². The molecule has 0 aromatic carbocycles. The quantitative estimate of drug-likeness (QED) is 0.849. The number of rotatable bonds is 4. The third-order valence-corrected chi connectivity index (χ3v) is 2.44. The molecule has 0 fully saturated rings. The molecule has 4 heteroatoms. The molecule has 0 spiro atoms. The van der Waals surface area contributed by atoms with Gasteiger partial charge in [0.2, 0.25) is 5.89 Å². The summed E-state index contributed by atoms with van der Waals surface area (Å²) in [5, 5.41) is 3.16. The second-order valence-corrected chi connectivity index (χ2v) is 3.74. The average molecular weight is 217 g/mol. The molecular weight excluding hydrogens is 202 g/mol. The van der Waals surface area contributed by atoms with Crippen molar-refractivity contribution in [3.63, 3.8) is 0 Å². The lowest BCUT2D eigenvalue weighted by Gasteiger charge is -2.05. The maximum absolute atomic E-state index is 5.63. The zero-order chi connectivity index (χ0) is 11.4. The van der Waals surface area contributed by atoms with Crippen LogP contribution in [0.3, 0.4) is 0 Å². The largest absolute Gasteiger partial charge is 0.440 e. The zero-order valence-corrected chi connectivity index (χ0v) is 9.47. The molecule has 2 heterocycles. The third-order valence-electron chi connectivity index (χ3n) is 2.44. The number of hydrogen-bond donors (Lipinski definition) is 1. The molecule has 0 saturated carbocycles. The molecular formula is C12H15N3O. The van der Waals surface area contributed by atoms with Crippen LogP contribution in [-0.2, 0) is 6.42 Å². The molecule has 1 atom stereocenters. The Labute approximate surface area is 94.7 Å². The van der Waals surface area contributed by atoms with Gasteiger partial charge in [0.25, 0.3) is 0 Å². The van der Waals surface area contributed by atoms with Gasteiger partial charge in [0.05, 0.1) is 6.20 Å². The van der Waals surface area contributed by atoms with E-state index in [0.717, 1.165) is 17.9 Å². The van der Waals surface area contributed by atoms with E-state index in [2.05, 4.69) is 22.2 Å². The predicted molar refractivity (Wildman–Crippen MR) is 62.0 cm³/mol. The topological polar surface area (TPSA) is 51.0 Å². The summed E-state index contributed by atoms with van der Waals surface area (Å²) in [6, 6.07) is 6.06. The lowest BCUT2D eigenvalue weighted by Crippen LogP contribution is -2.23. The minimum atomic E-state index is 0.379. The SMILES string of the molecule is CNC(C)Cc1cnc(-c2ccccn2)o1. The maximum atomic E-state index is 5.63. The van der Waals surface area contributed by atoms with Crippen molar-refractivity contribution >= 4 is 0 Å². The Morgan fingerprint density at radius 3 is 2.94 bits per heavy atom. The number of aromatic nitrogens is 2. The van der Waals surface area contributed by atoms with Gasteiger partial charge in [-0.1, -0.05) is 6.07 Å². The first-order valence-electron chi connectivity index (χ1n) is 5.33. The molecule has 4 nitrogen and oxygen atoms in total. The van der Waals surface area contributed by atoms with Gasteiger partial charge in [-0.2, -0.15) is 0 Å². The number of nitrogens with one attached hydrogen (secondary N) is 1. The van der Waals surface area contributed by atoms with Crippen LogP contribution in [0.5, 0.6) is 0 Å². The van der Waals surface area contributed by atoms with Gasteiger partial charge in [-0.05, 0) is 26.1 Å². The summed E-state index contributed by atoms with van der Waals surface area (Å²) in [5.74, 6) is 1.46. The number of hydrogen-bond acceptors (Lipinski definition) is 4. The second-order valence-electron chi connectivity index (χ2n) is 3.74. The van der Waals surface area contributed by atoms with Gasteiger partial charge in [-0.25, -0.2) is 4.98 Å². The molecule has 2 rings (SSSR count). The smallest absolute Gasteiger partial charge is 0.245 e. The van der Waals surface area contributed by atoms with Crippen LogP contribution < -0.4 is 5.32 Å². The van der Waals surface area contributed by atoms with E-state index in [1.165, 1.54) is 0 Å². The maximum Gasteiger partial charge on any atom is 0.245 e. The lowest BCUT2D eigenvalue weighted by molar-refractivity contribution is 0.478. The highest BCUT2D eigenvalue weighted by Gasteiger charge is 2.09. The first kappa shape index (κ1) is 10.8. The molecule has 0 amide bonds. The first-order chi connectivity index (χ1) is 7.79. The molecule has 2 aromatic rings. The van der Waals surface area contributed by atoms with E-state index in [9.17, 15) is 0 Å². The minimum absolute atomic E-state index is 0.379. The Hall–Kier alpha value is -1.68. The molecule has 2 aromatic heterocycles. The van der Waals surface area contributed by atoms with Gasteiger partial charge >= 0.3 is 0 Å². The summed E-state index contributed by atoms with van der Waals surface area (Å²) in [6.07, 6.45) is 4.32. The predicted octanol–water partition coefficient (Wildman–Crippen LogP) is 1.89. The van der Waals surface area contributed by atoms with Crippen LogP contribution in [0, 0.1) is 0 Å². The van der Waals surface area contributed by atoms with E-state index >= 15 is 0 Å². The fraction of sp³-hybridized carbons (Fsp3) is 0.333. The molecule has 0 aliphatic carbocycles. The van der Waals surface area contributed by atoms with Crippen LogP contribution in [0.25, 0.3) is 11.6 Å². The molecule has 0 radical (unpaired) electrons. The van der Waals surface area contributed by atoms with Crippen LogP contribution in [0.2, 0.25) is 0 Å². The molecule has 0 saturated heterocycles. The Balaban J connectivity index is 2.14. The number of pyridine rings is 1. The average Bonchev–Trinajstić information content (AvgIpc) is 2.78. The highest BCUT2D eigenvalue weighted by atomic mass is 16.4. The highest BCUT2D eigenvalue weighted by Crippen LogP contribution is 2.16. The van der Waals surface area contributed by atoms with Crippen molar-refractivity contribution in [1.82, 2.24) is 15.3 Å². The summed E-state index contributed by atoms with van der Waals surface area (Å²) >= 11 is 0. The van der Waals surface area contributed by atoms with Gasteiger partial charge in [0.1, 0.15) is 11.5 Å². The van der Waals surface area contributed by atoms with Crippen LogP contribution in [0.4, 0.5) is 0 Å². The number of oxazole rings is 1. The zero-order valence-electron chi connectivity index (χ0n) is 9.47. The van der Waals surface area contributed by atoms with Crippen LogP contribution in [-0.4, -0.2) is 23.1 Å². The van der Waals surface area contributed by atoms with Crippen molar-refractivity contribution in [2.75, 3.05) is 7.05 Å². The van der Waals surface area contributed by atoms with Crippen LogP contribution in [0.15, 0.2) is 35.0 Å². The number of nitrogens with zero attached hydrogens (tertiary/aromatic N) is 2. The van der Waals surface area contributed by atoms with Gasteiger partial charge in [0, 0.05) is 18.7 Å². The lowest BCUT2D eigenvalue weighted by atomic mass is 10.2. The Morgan fingerprint density at radius 1 is 1.38 bits per heavy atom. The molecule has 0 bridgehead atoms. The Morgan fingerprint density at radius 2 is 2.25 bits per heavy atom. The van der Waals surface area contributed by atoms with Crippen LogP contribution >= 0.6 is 0 Å². The summed E-state index contributed by atoms with van der Waals surface area (Å²) in [4.78, 5) is 8.41. The monoisotopic (exact) mass is 217 g/mol. The molecule has 0 aliphatic heterocycles. The standard InChI is InChI=1S/C12H15N3O/c1-9(13-2)7-10-8-15-12(16-10)11-5-3-4-6-14-11/h3-6,8-9,13H,7H2,1-2H3. The summed E-state index contributed by atoms with van der Waals surface area (Å²) < 4.78 is 5.63. The van der Waals surface area contributed by atoms with Gasteiger partial charge in [0.15, 0.2) is 0 Å². The Bertz CT molecular complexity index is 439. The van der Waals surface area contributed by atoms with E-state index < -0.39 is 0 Å². The number of likely N-dealkylation sites (N-methyl/N-ethyl adjacent to an activating group) is 1. The summed E-state index contributed by atoms with van der Waals surface area (Å²) in [6.45, 7) is 2.10. The van der Waals surface area contributed by atoms with E-state index in [0.29, 0.717) is 11.9 Å². The minimum Gasteiger partial charge on any atom is -0.440 e. The van der Waals surface area contributed by atoms with Crippen molar-refractivity contribution in [1.29, 1.82) is 0 Å². The van der Waals surface area contributed by atoms with Crippen molar-refractivity contribution in [2.45, 2.75) is 19.4 Å². The van der Waals surface area contributed by atoms with Gasteiger partial charge < -0.3 is 9.73 Å². The van der Waals surface area contributed by atoms with Gasteiger partial charge in [-0.3, -0.25) is 4.98 Å². The molecule has 1 unspecified atom stereocenters. The van der Waals surface area contributed by atoms with Gasteiger partial charge in [-0.15, -0.1) is 0 Å². The Kier molecular flexibility index (Phi) is 3.31. The van der Waals surface area contributed by atoms with Crippen molar-refractivity contribution in [3.05, 3.63) is 36.4 Å². The van der Waals surface area contributed by atoms with Crippen LogP contribution in [0.1, 0.15) is 12.7 Å². The normalized spacial score (nSPS) is 12.6. The van der Waals surface area contributed by atoms with E-state index in [1.807, 2.05) is 25.2 Å². The first-order valence-corrected chi connectivity index (χ1v) is 5.33. The highest BCUT2D eigenvalue weighted by molar-refractivity contribution is 5.45. The second kappa shape index (κ2) is 4.90. The fourth-order valence-corrected chi connectivity index (χ4v) is 1.41. The van der Waals surface area contributed by atoms with E-state index in [1.54, 1.807) is 12.4 Å². The summed E-state index contributed by atoms with van der Waals surface area (Å²) in [5.41, 5.74) is 0.769. The van der Waals surface area contributed by atoms with Crippen molar-refractivity contribution < 1.29 is 4.42 Å². The molecule has 1 N–H and O–H groups in total. The van der Waals surface area contributed by atoms with Crippen molar-refractivity contribution in [3.8, 4) is 11.6 Å². The fourth-order valence-electron chi connectivity index (χ4n) is 1.41. The van der Waals surface area contributed by atoms with E-state index in [4.69, 9.17) is 4.42 Å². The third kappa shape index (κ3) is 2.46. The molecule has 84 valence electrons. The molecule has 16 heavy (non-hydrogen) atoms.